The molecule has 3 heteroatoms. The van der Waals surface area contributed by atoms with Crippen molar-refractivity contribution in [3.05, 3.63) is 12.0 Å². The van der Waals surface area contributed by atoms with Gasteiger partial charge in [0.2, 0.25) is 0 Å². The van der Waals surface area contributed by atoms with Gasteiger partial charge in [-0.2, -0.15) is 0 Å². The SMILES string of the molecule is CCC[CH2][Sn]([CH2]CCC)([CH2]CCC)[c]1ncn(C)c1C. The molecule has 2 nitrogen and oxygen atoms in total. The number of hydrogen-bond acceptors (Lipinski definition) is 1. The molecule has 0 saturated heterocycles. The number of hydrogen-bond donors (Lipinski definition) is 0. The first-order chi connectivity index (χ1) is 9.61. The summed E-state index contributed by atoms with van der Waals surface area (Å²) in [5, 5.41) is 0. The van der Waals surface area contributed by atoms with E-state index in [9.17, 15) is 0 Å². The maximum absolute atomic E-state index is 4.90. The van der Waals surface area contributed by atoms with E-state index in [-0.39, 0.29) is 0 Å². The quantitative estimate of drug-likeness (QED) is 0.530. The van der Waals surface area contributed by atoms with Gasteiger partial charge in [0.25, 0.3) is 0 Å². The molecule has 0 fully saturated rings. The van der Waals surface area contributed by atoms with Crippen LogP contribution < -0.4 is 3.71 Å². The van der Waals surface area contributed by atoms with Gasteiger partial charge >= 0.3 is 130 Å². The van der Waals surface area contributed by atoms with Gasteiger partial charge in [-0.25, -0.2) is 0 Å². The van der Waals surface area contributed by atoms with Crippen LogP contribution in [0.4, 0.5) is 0 Å². The fourth-order valence-corrected chi connectivity index (χ4v) is 19.9. The van der Waals surface area contributed by atoms with Gasteiger partial charge in [0.1, 0.15) is 0 Å². The Morgan fingerprint density at radius 3 is 1.70 bits per heavy atom. The molecule has 1 aromatic rings. The van der Waals surface area contributed by atoms with Crippen LogP contribution in [-0.4, -0.2) is 27.9 Å². The molecule has 1 heterocycles. The normalized spacial score (nSPS) is 12.1. The van der Waals surface area contributed by atoms with Gasteiger partial charge in [0.15, 0.2) is 0 Å². The average Bonchev–Trinajstić information content (AvgIpc) is 2.79. The number of nitrogens with zero attached hydrogens (tertiary/aromatic N) is 2. The van der Waals surface area contributed by atoms with E-state index in [1.165, 1.54) is 57.5 Å². The van der Waals surface area contributed by atoms with Gasteiger partial charge < -0.3 is 0 Å². The second-order valence-electron chi connectivity index (χ2n) is 6.38. The topological polar surface area (TPSA) is 17.8 Å². The van der Waals surface area contributed by atoms with E-state index in [2.05, 4.69) is 45.6 Å². The van der Waals surface area contributed by atoms with E-state index in [0.717, 1.165) is 0 Å². The summed E-state index contributed by atoms with van der Waals surface area (Å²) >= 11 is -2.27. The molecule has 0 amide bonds. The molecule has 0 aliphatic rings. The summed E-state index contributed by atoms with van der Waals surface area (Å²) in [5.74, 6) is 0. The van der Waals surface area contributed by atoms with E-state index in [1.807, 2.05) is 0 Å². The summed E-state index contributed by atoms with van der Waals surface area (Å²) in [6.07, 6.45) is 10.3. The van der Waals surface area contributed by atoms with Gasteiger partial charge in [-0.05, 0) is 0 Å². The molecular formula is C17H34N2Sn. The molecule has 1 aromatic heterocycles. The van der Waals surface area contributed by atoms with Gasteiger partial charge in [0.05, 0.1) is 0 Å². The molecule has 0 atom stereocenters. The average molecular weight is 385 g/mol. The van der Waals surface area contributed by atoms with Gasteiger partial charge in [0, 0.05) is 0 Å². The van der Waals surface area contributed by atoms with Gasteiger partial charge in [-0.3, -0.25) is 0 Å². The van der Waals surface area contributed by atoms with Crippen LogP contribution in [0.1, 0.15) is 65.0 Å². The summed E-state index contributed by atoms with van der Waals surface area (Å²) in [4.78, 5) is 4.90. The molecule has 0 aromatic carbocycles. The summed E-state index contributed by atoms with van der Waals surface area (Å²) in [6.45, 7) is 9.29. The van der Waals surface area contributed by atoms with Crippen molar-refractivity contribution >= 4 is 22.1 Å². The fourth-order valence-electron chi connectivity index (χ4n) is 3.29. The maximum atomic E-state index is 4.90. The molecule has 1 rings (SSSR count). The molecular weight excluding hydrogens is 351 g/mol. The van der Waals surface area contributed by atoms with Crippen molar-refractivity contribution in [3.63, 3.8) is 0 Å². The van der Waals surface area contributed by atoms with E-state index in [0.29, 0.717) is 0 Å². The Morgan fingerprint density at radius 2 is 1.40 bits per heavy atom. The predicted octanol–water partition coefficient (Wildman–Crippen LogP) is 4.78. The number of aromatic nitrogens is 2. The zero-order valence-corrected chi connectivity index (χ0v) is 17.2. The van der Waals surface area contributed by atoms with Crippen molar-refractivity contribution in [3.8, 4) is 0 Å². The molecule has 0 aliphatic carbocycles. The first-order valence-corrected chi connectivity index (χ1v) is 16.1. The molecule has 116 valence electrons. The van der Waals surface area contributed by atoms with Crippen LogP contribution in [-0.2, 0) is 7.05 Å². The third-order valence-corrected chi connectivity index (χ3v) is 20.3. The van der Waals surface area contributed by atoms with Crippen molar-refractivity contribution in [2.24, 2.45) is 7.05 Å². The Labute approximate surface area is 130 Å². The van der Waals surface area contributed by atoms with Crippen LogP contribution in [0.3, 0.4) is 0 Å². The fraction of sp³-hybridized carbons (Fsp3) is 0.824. The summed E-state index contributed by atoms with van der Waals surface area (Å²) in [7, 11) is 2.15. The zero-order chi connectivity index (χ0) is 15.0. The Morgan fingerprint density at radius 1 is 0.950 bits per heavy atom. The number of unbranched alkanes of at least 4 members (excludes halogenated alkanes) is 3. The second kappa shape index (κ2) is 9.11. The standard InChI is InChI=1S/C5H7N2.3C4H9.Sn/c1-5-3-6-4-7(5)2;3*1-3-4-2;/h4H,1-2H3;3*1,3-4H2,2H3;. The van der Waals surface area contributed by atoms with Crippen LogP contribution in [0.2, 0.25) is 13.3 Å². The molecule has 0 saturated carbocycles. The Balaban J connectivity index is 3.08. The molecule has 0 unspecified atom stereocenters. The van der Waals surface area contributed by atoms with Gasteiger partial charge in [-0.1, -0.05) is 0 Å². The van der Waals surface area contributed by atoms with Crippen molar-refractivity contribution in [2.75, 3.05) is 0 Å². The number of imidazole rings is 1. The molecule has 0 N–H and O–H groups in total. The van der Waals surface area contributed by atoms with Crippen LogP contribution >= 0.6 is 0 Å². The van der Waals surface area contributed by atoms with Gasteiger partial charge in [-0.15, -0.1) is 0 Å². The minimum atomic E-state index is -2.27. The van der Waals surface area contributed by atoms with Crippen LogP contribution in [0.5, 0.6) is 0 Å². The van der Waals surface area contributed by atoms with Crippen molar-refractivity contribution in [1.29, 1.82) is 0 Å². The molecule has 0 aliphatic heterocycles. The third-order valence-electron chi connectivity index (χ3n) is 4.76. The van der Waals surface area contributed by atoms with Crippen molar-refractivity contribution in [1.82, 2.24) is 9.55 Å². The minimum absolute atomic E-state index is 1.34. The van der Waals surface area contributed by atoms with E-state index < -0.39 is 18.4 Å². The summed E-state index contributed by atoms with van der Waals surface area (Å²) in [6, 6.07) is 0. The molecule has 0 bridgehead atoms. The Hall–Kier alpha value is 0.00870. The van der Waals surface area contributed by atoms with E-state index in [4.69, 9.17) is 4.98 Å². The first kappa shape index (κ1) is 18.1. The summed E-state index contributed by atoms with van der Waals surface area (Å²) in [5.41, 5.74) is 1.46. The number of rotatable bonds is 10. The third kappa shape index (κ3) is 4.50. The molecule has 20 heavy (non-hydrogen) atoms. The second-order valence-corrected chi connectivity index (χ2v) is 19.3. The van der Waals surface area contributed by atoms with Crippen molar-refractivity contribution < 1.29 is 0 Å². The van der Waals surface area contributed by atoms with E-state index in [1.54, 1.807) is 3.71 Å². The van der Waals surface area contributed by atoms with Crippen LogP contribution in [0.25, 0.3) is 0 Å². The van der Waals surface area contributed by atoms with Crippen molar-refractivity contribution in [2.45, 2.75) is 79.5 Å². The monoisotopic (exact) mass is 386 g/mol. The molecule has 0 spiro atoms. The summed E-state index contributed by atoms with van der Waals surface area (Å²) < 4.78 is 8.39. The predicted molar refractivity (Wildman–Crippen MR) is 92.5 cm³/mol. The van der Waals surface area contributed by atoms with E-state index >= 15 is 0 Å². The number of aryl methyl sites for hydroxylation is 1. The Bertz CT molecular complexity index is 363. The molecule has 0 radical (unpaired) electrons. The van der Waals surface area contributed by atoms with Crippen LogP contribution in [0, 0.1) is 6.92 Å². The van der Waals surface area contributed by atoms with Crippen LogP contribution in [0.15, 0.2) is 6.33 Å². The first-order valence-electron chi connectivity index (χ1n) is 8.59. The Kier molecular flexibility index (Phi) is 8.23. The zero-order valence-electron chi connectivity index (χ0n) is 14.3.